The summed E-state index contributed by atoms with van der Waals surface area (Å²) in [7, 11) is 1.32. The van der Waals surface area contributed by atoms with Crippen LogP contribution in [0.25, 0.3) is 0 Å². The van der Waals surface area contributed by atoms with Gasteiger partial charge < -0.3 is 45.5 Å². The van der Waals surface area contributed by atoms with E-state index in [9.17, 15) is 49.5 Å². The van der Waals surface area contributed by atoms with Gasteiger partial charge in [-0.3, -0.25) is 28.9 Å². The molecule has 3 aliphatic carbocycles. The smallest absolute Gasteiger partial charge is 0.243 e. The minimum atomic E-state index is -2.17. The van der Waals surface area contributed by atoms with Gasteiger partial charge in [0.15, 0.2) is 12.1 Å². The number of imide groups is 1. The number of nitrogens with zero attached hydrogens (tertiary/aromatic N) is 2. The summed E-state index contributed by atoms with van der Waals surface area (Å²) >= 11 is 0. The number of phenolic OH excluding ortho intramolecular Hbond substituents is 2. The van der Waals surface area contributed by atoms with Crippen LogP contribution < -0.4 is 15.9 Å². The van der Waals surface area contributed by atoms with E-state index in [-0.39, 0.29) is 75.6 Å². The summed E-state index contributed by atoms with van der Waals surface area (Å²) in [5.41, 5.74) is 4.39. The normalized spacial score (nSPS) is 30.8. The molecule has 2 aromatic carbocycles. The highest BCUT2D eigenvalue weighted by Crippen LogP contribution is 2.53. The van der Waals surface area contributed by atoms with Gasteiger partial charge >= 0.3 is 0 Å². The molecule has 0 bridgehead atoms. The van der Waals surface area contributed by atoms with Crippen molar-refractivity contribution >= 4 is 35.0 Å². The van der Waals surface area contributed by atoms with Gasteiger partial charge in [0.05, 0.1) is 60.3 Å². The van der Waals surface area contributed by atoms with E-state index >= 15 is 0 Å². The molecule has 0 aromatic heterocycles. The van der Waals surface area contributed by atoms with Gasteiger partial charge in [-0.1, -0.05) is 32.9 Å². The summed E-state index contributed by atoms with van der Waals surface area (Å²) in [4.78, 5) is 68.7. The van der Waals surface area contributed by atoms with Crippen molar-refractivity contribution in [2.45, 2.75) is 115 Å². The first kappa shape index (κ1) is 43.3. The molecule has 2 heterocycles. The number of hydrogen-bond acceptors (Lipinski definition) is 15. The van der Waals surface area contributed by atoms with Crippen molar-refractivity contribution in [3.05, 3.63) is 51.6 Å². The Hall–Kier alpha value is -4.78. The number of nitrogens with one attached hydrogen (secondary N) is 1. The molecule has 2 aromatic rings. The Balaban J connectivity index is 1.14. The van der Waals surface area contributed by atoms with Crippen molar-refractivity contribution in [1.29, 1.82) is 0 Å². The van der Waals surface area contributed by atoms with Crippen LogP contribution >= 0.6 is 0 Å². The molecule has 0 spiro atoms. The van der Waals surface area contributed by atoms with Crippen molar-refractivity contribution in [1.82, 2.24) is 10.3 Å². The molecule has 17 nitrogen and oxygen atoms in total. The second-order valence-corrected chi connectivity index (χ2v) is 18.0. The fraction of sp³-hybridized carbons (Fsp3) is 0.581. The second-order valence-electron chi connectivity index (χ2n) is 18.0. The maximum Gasteiger partial charge on any atom is 0.243 e. The molecular formula is C43H54N4O13. The van der Waals surface area contributed by atoms with Crippen LogP contribution in [0.4, 0.5) is 0 Å². The average Bonchev–Trinajstić information content (AvgIpc) is 3.49. The highest BCUT2D eigenvalue weighted by atomic mass is 16.7. The van der Waals surface area contributed by atoms with Gasteiger partial charge in [-0.15, -0.1) is 0 Å². The number of carbonyl (C=O) groups excluding carboxylic acids is 5. The molecule has 324 valence electrons. The molecule has 0 radical (unpaired) electrons. The lowest BCUT2D eigenvalue weighted by molar-refractivity contribution is -0.245. The second kappa shape index (κ2) is 16.2. The lowest BCUT2D eigenvalue weighted by Gasteiger charge is -2.43. The Morgan fingerprint density at radius 2 is 1.73 bits per heavy atom. The van der Waals surface area contributed by atoms with Gasteiger partial charge in [-0.2, -0.15) is 5.10 Å². The summed E-state index contributed by atoms with van der Waals surface area (Å²) in [6, 6.07) is 3.60. The van der Waals surface area contributed by atoms with E-state index in [1.807, 2.05) is 20.8 Å². The number of ketones is 2. The number of fused-ring (bicyclic) bond motifs is 3. The number of amides is 3. The fourth-order valence-electron chi connectivity index (χ4n) is 9.53. The van der Waals surface area contributed by atoms with Gasteiger partial charge in [0, 0.05) is 60.9 Å². The third-order valence-electron chi connectivity index (χ3n) is 13.1. The number of benzene rings is 2. The molecule has 60 heavy (non-hydrogen) atoms. The molecule has 3 amide bonds. The highest BCUT2D eigenvalue weighted by molar-refractivity contribution is 6.31. The Morgan fingerprint density at radius 3 is 2.35 bits per heavy atom. The van der Waals surface area contributed by atoms with Crippen molar-refractivity contribution in [2.75, 3.05) is 20.3 Å². The maximum atomic E-state index is 14.1. The first-order valence-corrected chi connectivity index (χ1v) is 20.4. The molecule has 3 fully saturated rings. The van der Waals surface area contributed by atoms with Gasteiger partial charge in [-0.05, 0) is 50.0 Å². The lowest BCUT2D eigenvalue weighted by Crippen LogP contribution is -2.53. The van der Waals surface area contributed by atoms with Crippen molar-refractivity contribution in [3.8, 4) is 17.2 Å². The van der Waals surface area contributed by atoms with Crippen molar-refractivity contribution < 1.29 is 63.7 Å². The molecule has 7 atom stereocenters. The molecule has 8 N–H and O–H groups in total. The van der Waals surface area contributed by atoms with E-state index in [0.717, 1.165) is 0 Å². The van der Waals surface area contributed by atoms with Crippen LogP contribution in [-0.4, -0.2) is 116 Å². The van der Waals surface area contributed by atoms with Gasteiger partial charge in [0.25, 0.3) is 0 Å². The molecule has 2 saturated heterocycles. The predicted octanol–water partition coefficient (Wildman–Crippen LogP) is 2.13. The molecule has 5 aliphatic rings. The number of ether oxygens (including phenoxy) is 3. The summed E-state index contributed by atoms with van der Waals surface area (Å²) in [5.74, 6) is -4.52. The standard InChI is InChI=1S/C43H54N4O13/c1-19-35(50)25(44)14-30(59-19)60-27-16-43(57,15-23-32(27)39(54)34-33(37(23)52)36(51)22-7-6-8-26(58-5)31(22)38(34)53)28(18-48)45-46-40(55)21-11-9-20(10-12-21)17-47-29(49)13-24(41(47)56)42(2,3)4/h6-8,19-21,24-25,27,30,35,48,50,52,54,57H,9-18,44H2,1-5H3,(H,46,55)/b45-28+/t19-,20?,21?,24?,25-,27-,30-,35+,43-/m0/s1. The van der Waals surface area contributed by atoms with Crippen LogP contribution in [0.1, 0.15) is 122 Å². The number of nitrogens with two attached hydrogens (primary N) is 1. The quantitative estimate of drug-likeness (QED) is 0.0705. The topological polar surface area (TPSA) is 268 Å². The largest absolute Gasteiger partial charge is 0.507 e. The van der Waals surface area contributed by atoms with Gasteiger partial charge in [0.1, 0.15) is 22.8 Å². The van der Waals surface area contributed by atoms with Crippen LogP contribution in [0.15, 0.2) is 23.3 Å². The zero-order valence-electron chi connectivity index (χ0n) is 34.4. The highest BCUT2D eigenvalue weighted by Gasteiger charge is 2.50. The third kappa shape index (κ3) is 7.60. The first-order chi connectivity index (χ1) is 28.3. The summed E-state index contributed by atoms with van der Waals surface area (Å²) in [5, 5.41) is 61.3. The number of aliphatic hydroxyl groups excluding tert-OH is 2. The summed E-state index contributed by atoms with van der Waals surface area (Å²) in [6.45, 7) is 6.85. The van der Waals surface area contributed by atoms with Crippen LogP contribution in [-0.2, 0) is 30.3 Å². The zero-order valence-corrected chi connectivity index (χ0v) is 34.4. The Morgan fingerprint density at radius 1 is 1.05 bits per heavy atom. The van der Waals surface area contributed by atoms with Crippen LogP contribution in [0.5, 0.6) is 17.2 Å². The number of phenols is 2. The van der Waals surface area contributed by atoms with Crippen LogP contribution in [0.3, 0.4) is 0 Å². The summed E-state index contributed by atoms with van der Waals surface area (Å²) < 4.78 is 17.5. The van der Waals surface area contributed by atoms with E-state index in [1.54, 1.807) is 6.92 Å². The molecule has 7 rings (SSSR count). The average molecular weight is 835 g/mol. The van der Waals surface area contributed by atoms with E-state index in [2.05, 4.69) is 10.5 Å². The Labute approximate surface area is 346 Å². The van der Waals surface area contributed by atoms with Crippen LogP contribution in [0.2, 0.25) is 0 Å². The number of aromatic hydroxyl groups is 2. The number of hydrogen-bond donors (Lipinski definition) is 7. The van der Waals surface area contributed by atoms with E-state index < -0.39 is 102 Å². The zero-order chi connectivity index (χ0) is 43.6. The number of hydrazone groups is 1. The molecule has 2 aliphatic heterocycles. The Bertz CT molecular complexity index is 2130. The SMILES string of the molecule is COc1cccc2c1C(=O)c1c(O)c3c(c(O)c1C2=O)C[C@@](O)(/C(CO)=N/NC(=O)C1CCC(CN2C(=O)CC(C(C)(C)C)C2=O)CC1)C[C@@H]3O[C@H]1C[C@H](N)[C@H](O)[C@H](C)O1. The van der Waals surface area contributed by atoms with Crippen molar-refractivity contribution in [3.63, 3.8) is 0 Å². The minimum Gasteiger partial charge on any atom is -0.507 e. The fourth-order valence-corrected chi connectivity index (χ4v) is 9.53. The minimum absolute atomic E-state index is 0.0171. The Kier molecular flexibility index (Phi) is 11.7. The molecule has 1 unspecified atom stereocenters. The molecule has 1 saturated carbocycles. The van der Waals surface area contributed by atoms with Crippen LogP contribution in [0, 0.1) is 23.2 Å². The third-order valence-corrected chi connectivity index (χ3v) is 13.1. The molecular weight excluding hydrogens is 780 g/mol. The number of carbonyl (C=O) groups is 5. The summed E-state index contributed by atoms with van der Waals surface area (Å²) in [6.07, 6.45) is -3.03. The monoisotopic (exact) mass is 834 g/mol. The number of likely N-dealkylation sites (tertiary alicyclic amines) is 1. The van der Waals surface area contributed by atoms with E-state index in [1.165, 1.54) is 30.2 Å². The van der Waals surface area contributed by atoms with E-state index in [4.69, 9.17) is 19.9 Å². The number of rotatable bonds is 9. The number of methoxy groups -OCH3 is 1. The first-order valence-electron chi connectivity index (χ1n) is 20.4. The van der Waals surface area contributed by atoms with Crippen molar-refractivity contribution in [2.24, 2.45) is 34.0 Å². The van der Waals surface area contributed by atoms with E-state index in [0.29, 0.717) is 32.2 Å². The van der Waals surface area contributed by atoms with Gasteiger partial charge in [0.2, 0.25) is 23.5 Å². The molecule has 17 heteroatoms. The number of aliphatic hydroxyl groups is 3. The van der Waals surface area contributed by atoms with Gasteiger partial charge in [-0.25, -0.2) is 5.43 Å². The maximum absolute atomic E-state index is 14.1. The lowest BCUT2D eigenvalue weighted by atomic mass is 9.71. The predicted molar refractivity (Wildman–Crippen MR) is 212 cm³/mol.